The van der Waals surface area contributed by atoms with Gasteiger partial charge in [-0.3, -0.25) is 4.79 Å². The van der Waals surface area contributed by atoms with E-state index in [2.05, 4.69) is 5.32 Å². The van der Waals surface area contributed by atoms with Crippen LogP contribution in [-0.4, -0.2) is 17.1 Å². The van der Waals surface area contributed by atoms with E-state index in [1.165, 1.54) is 0 Å². The first kappa shape index (κ1) is 16.4. The lowest BCUT2D eigenvalue weighted by molar-refractivity contribution is -0.118. The maximum Gasteiger partial charge on any atom is 0.262 e. The van der Waals surface area contributed by atoms with Crippen molar-refractivity contribution >= 4 is 34.8 Å². The smallest absolute Gasteiger partial charge is 0.262 e. The van der Waals surface area contributed by atoms with E-state index in [1.807, 2.05) is 53.4 Å². The van der Waals surface area contributed by atoms with Crippen LogP contribution in [0, 0.1) is 0 Å². The predicted molar refractivity (Wildman–Crippen MR) is 96.4 cm³/mol. The second kappa shape index (κ2) is 7.43. The largest absolute Gasteiger partial charge is 0.482 e. The summed E-state index contributed by atoms with van der Waals surface area (Å²) in [5.74, 6) is 0.135. The number of aromatic nitrogens is 1. The number of anilines is 1. The Morgan fingerprint density at radius 2 is 1.79 bits per heavy atom. The lowest BCUT2D eigenvalue weighted by atomic mass is 10.2. The van der Waals surface area contributed by atoms with E-state index in [1.54, 1.807) is 18.2 Å². The number of carbonyl (C=O) groups is 1. The van der Waals surface area contributed by atoms with E-state index in [0.29, 0.717) is 21.5 Å². The molecule has 1 amide bonds. The molecule has 4 nitrogen and oxygen atoms in total. The molecule has 0 saturated carbocycles. The molecule has 1 heterocycles. The van der Waals surface area contributed by atoms with E-state index < -0.39 is 0 Å². The average Bonchev–Trinajstić information content (AvgIpc) is 3.09. The Bertz CT molecular complexity index is 848. The summed E-state index contributed by atoms with van der Waals surface area (Å²) in [6.45, 7) is -0.151. The molecule has 0 aliphatic heterocycles. The van der Waals surface area contributed by atoms with Crippen molar-refractivity contribution in [3.8, 4) is 11.4 Å². The molecule has 1 N–H and O–H groups in total. The van der Waals surface area contributed by atoms with Crippen molar-refractivity contribution in [2.75, 3.05) is 11.9 Å². The highest BCUT2D eigenvalue weighted by Crippen LogP contribution is 2.27. The van der Waals surface area contributed by atoms with Crippen molar-refractivity contribution in [3.05, 3.63) is 77.0 Å². The number of benzene rings is 2. The molecule has 0 aliphatic rings. The molecule has 1 aromatic heterocycles. The van der Waals surface area contributed by atoms with Crippen molar-refractivity contribution in [1.82, 2.24) is 4.57 Å². The van der Waals surface area contributed by atoms with E-state index >= 15 is 0 Å². The van der Waals surface area contributed by atoms with Crippen LogP contribution in [0.2, 0.25) is 10.0 Å². The van der Waals surface area contributed by atoms with Gasteiger partial charge in [0, 0.05) is 17.4 Å². The van der Waals surface area contributed by atoms with Crippen LogP contribution in [0.15, 0.2) is 67.0 Å². The van der Waals surface area contributed by atoms with E-state index in [-0.39, 0.29) is 12.5 Å². The topological polar surface area (TPSA) is 43.3 Å². The number of amides is 1. The zero-order valence-corrected chi connectivity index (χ0v) is 14.1. The van der Waals surface area contributed by atoms with Crippen LogP contribution in [0.4, 0.5) is 5.69 Å². The van der Waals surface area contributed by atoms with Gasteiger partial charge in [-0.25, -0.2) is 0 Å². The summed E-state index contributed by atoms with van der Waals surface area (Å²) in [6.07, 6.45) is 3.82. The fourth-order valence-electron chi connectivity index (χ4n) is 2.22. The van der Waals surface area contributed by atoms with Crippen molar-refractivity contribution in [1.29, 1.82) is 0 Å². The van der Waals surface area contributed by atoms with E-state index in [4.69, 9.17) is 27.9 Å². The molecule has 3 aromatic rings. The SMILES string of the molecule is O=C(COc1ccc(Cl)cc1Cl)Nc1ccccc1-n1cccc1. The van der Waals surface area contributed by atoms with Crippen LogP contribution in [0.5, 0.6) is 5.75 Å². The Morgan fingerprint density at radius 3 is 2.54 bits per heavy atom. The Kier molecular flexibility index (Phi) is 5.08. The molecule has 3 rings (SSSR count). The Labute approximate surface area is 149 Å². The quantitative estimate of drug-likeness (QED) is 0.709. The molecule has 6 heteroatoms. The second-order valence-corrected chi connectivity index (χ2v) is 5.86. The average molecular weight is 361 g/mol. The van der Waals surface area contributed by atoms with Gasteiger partial charge in [0.05, 0.1) is 16.4 Å². The first-order valence-electron chi connectivity index (χ1n) is 7.23. The number of nitrogens with one attached hydrogen (secondary N) is 1. The summed E-state index contributed by atoms with van der Waals surface area (Å²) < 4.78 is 7.37. The summed E-state index contributed by atoms with van der Waals surface area (Å²) >= 11 is 11.9. The van der Waals surface area contributed by atoms with Crippen LogP contribution < -0.4 is 10.1 Å². The Hall–Kier alpha value is -2.43. The van der Waals surface area contributed by atoms with Gasteiger partial charge in [-0.1, -0.05) is 35.3 Å². The molecule has 122 valence electrons. The van der Waals surface area contributed by atoms with Gasteiger partial charge < -0.3 is 14.6 Å². The molecule has 0 unspecified atom stereocenters. The number of hydrogen-bond acceptors (Lipinski definition) is 2. The summed E-state index contributed by atoms with van der Waals surface area (Å²) in [7, 11) is 0. The molecule has 0 aliphatic carbocycles. The minimum Gasteiger partial charge on any atom is -0.482 e. The van der Waals surface area contributed by atoms with Gasteiger partial charge in [0.15, 0.2) is 6.61 Å². The van der Waals surface area contributed by atoms with Gasteiger partial charge in [-0.05, 0) is 42.5 Å². The number of rotatable bonds is 5. The van der Waals surface area contributed by atoms with Gasteiger partial charge in [0.2, 0.25) is 0 Å². The second-order valence-electron chi connectivity index (χ2n) is 5.02. The molecular formula is C18H14Cl2N2O2. The Balaban J connectivity index is 1.67. The minimum atomic E-state index is -0.277. The summed E-state index contributed by atoms with van der Waals surface area (Å²) in [6, 6.07) is 16.2. The molecule has 0 radical (unpaired) electrons. The van der Waals surface area contributed by atoms with Gasteiger partial charge in [0.1, 0.15) is 5.75 Å². The monoisotopic (exact) mass is 360 g/mol. The standard InChI is InChI=1S/C18H14Cl2N2O2/c19-13-7-8-17(14(20)11-13)24-12-18(23)21-15-5-1-2-6-16(15)22-9-3-4-10-22/h1-11H,12H2,(H,21,23). The van der Waals surface area contributed by atoms with Gasteiger partial charge in [-0.15, -0.1) is 0 Å². The third-order valence-electron chi connectivity index (χ3n) is 3.31. The normalized spacial score (nSPS) is 10.4. The van der Waals surface area contributed by atoms with Crippen molar-refractivity contribution in [2.45, 2.75) is 0 Å². The number of ether oxygens (including phenoxy) is 1. The molecule has 0 saturated heterocycles. The zero-order chi connectivity index (χ0) is 16.9. The summed E-state index contributed by atoms with van der Waals surface area (Å²) in [4.78, 5) is 12.2. The molecule has 2 aromatic carbocycles. The maximum atomic E-state index is 12.2. The predicted octanol–water partition coefficient (Wildman–Crippen LogP) is 4.80. The van der Waals surface area contributed by atoms with Gasteiger partial charge in [-0.2, -0.15) is 0 Å². The van der Waals surface area contributed by atoms with Gasteiger partial charge >= 0.3 is 0 Å². The zero-order valence-electron chi connectivity index (χ0n) is 12.6. The Morgan fingerprint density at radius 1 is 1.04 bits per heavy atom. The van der Waals surface area contributed by atoms with Crippen LogP contribution in [0.1, 0.15) is 0 Å². The van der Waals surface area contributed by atoms with Crippen LogP contribution in [-0.2, 0) is 4.79 Å². The third-order valence-corrected chi connectivity index (χ3v) is 3.84. The van der Waals surface area contributed by atoms with Crippen LogP contribution in [0.25, 0.3) is 5.69 Å². The van der Waals surface area contributed by atoms with Crippen molar-refractivity contribution < 1.29 is 9.53 Å². The number of hydrogen-bond donors (Lipinski definition) is 1. The molecule has 0 bridgehead atoms. The molecular weight excluding hydrogens is 347 g/mol. The number of para-hydroxylation sites is 2. The number of carbonyl (C=O) groups excluding carboxylic acids is 1. The fourth-order valence-corrected chi connectivity index (χ4v) is 2.68. The van der Waals surface area contributed by atoms with Crippen LogP contribution in [0.3, 0.4) is 0 Å². The molecule has 0 atom stereocenters. The minimum absolute atomic E-state index is 0.151. The van der Waals surface area contributed by atoms with E-state index in [9.17, 15) is 4.79 Å². The molecule has 24 heavy (non-hydrogen) atoms. The lowest BCUT2D eigenvalue weighted by Gasteiger charge is -2.13. The number of nitrogens with zero attached hydrogens (tertiary/aromatic N) is 1. The lowest BCUT2D eigenvalue weighted by Crippen LogP contribution is -2.21. The highest BCUT2D eigenvalue weighted by Gasteiger charge is 2.10. The first-order valence-corrected chi connectivity index (χ1v) is 7.99. The first-order chi connectivity index (χ1) is 11.6. The molecule has 0 spiro atoms. The van der Waals surface area contributed by atoms with Crippen molar-refractivity contribution in [2.24, 2.45) is 0 Å². The maximum absolute atomic E-state index is 12.2. The fraction of sp³-hybridized carbons (Fsp3) is 0.0556. The number of halogens is 2. The third kappa shape index (κ3) is 3.91. The molecule has 0 fully saturated rings. The van der Waals surface area contributed by atoms with Crippen LogP contribution >= 0.6 is 23.2 Å². The summed E-state index contributed by atoms with van der Waals surface area (Å²) in [5.41, 5.74) is 1.57. The van der Waals surface area contributed by atoms with E-state index in [0.717, 1.165) is 5.69 Å². The highest BCUT2D eigenvalue weighted by molar-refractivity contribution is 6.35. The highest BCUT2D eigenvalue weighted by atomic mass is 35.5. The summed E-state index contributed by atoms with van der Waals surface area (Å²) in [5, 5.41) is 3.72. The van der Waals surface area contributed by atoms with Crippen molar-refractivity contribution in [3.63, 3.8) is 0 Å². The van der Waals surface area contributed by atoms with Gasteiger partial charge in [0.25, 0.3) is 5.91 Å².